The van der Waals surface area contributed by atoms with E-state index in [-0.39, 0.29) is 22.9 Å². The number of benzene rings is 2. The van der Waals surface area contributed by atoms with E-state index in [0.717, 1.165) is 0 Å². The van der Waals surface area contributed by atoms with Gasteiger partial charge in [-0.05, 0) is 36.4 Å². The number of nitrogens with two attached hydrogens (primary N) is 1. The van der Waals surface area contributed by atoms with Crippen LogP contribution in [0.4, 0.5) is 17.3 Å². The first-order valence-electron chi connectivity index (χ1n) is 8.61. The molecule has 154 valence electrons. The number of amides is 2. The molecule has 0 unspecified atom stereocenters. The second-order valence-electron chi connectivity index (χ2n) is 5.85. The summed E-state index contributed by atoms with van der Waals surface area (Å²) in [7, 11) is 1.54. The number of rotatable bonds is 7. The number of nitrogens with zero attached hydrogens (tertiary/aromatic N) is 2. The standard InChI is InChI=1S/C19H18ClN7O3/c1-30-12-8-6-11(7-9-12)18(28)26-24-16-15(21)17(23-10-22-16)25-27-19(29)13-4-2-3-5-14(13)20/h2-10H,21H2,1H3,(H,26,28)(H,27,29)(H2,22,23,24,25). The van der Waals surface area contributed by atoms with Crippen LogP contribution in [0, 0.1) is 0 Å². The number of carbonyl (C=O) groups is 2. The molecule has 0 fully saturated rings. The van der Waals surface area contributed by atoms with Crippen LogP contribution < -0.4 is 32.2 Å². The Kier molecular flexibility index (Phi) is 6.50. The lowest BCUT2D eigenvalue weighted by molar-refractivity contribution is 0.0954. The summed E-state index contributed by atoms with van der Waals surface area (Å²) in [4.78, 5) is 32.4. The number of methoxy groups -OCH3 is 1. The molecular weight excluding hydrogens is 410 g/mol. The average molecular weight is 428 g/mol. The first kappa shape index (κ1) is 20.7. The first-order valence-corrected chi connectivity index (χ1v) is 8.99. The van der Waals surface area contributed by atoms with Gasteiger partial charge in [0.05, 0.1) is 17.7 Å². The second kappa shape index (κ2) is 9.43. The molecule has 0 radical (unpaired) electrons. The highest BCUT2D eigenvalue weighted by Gasteiger charge is 2.13. The topological polar surface area (TPSA) is 143 Å². The molecule has 11 heteroatoms. The largest absolute Gasteiger partial charge is 0.497 e. The lowest BCUT2D eigenvalue weighted by atomic mass is 10.2. The van der Waals surface area contributed by atoms with Gasteiger partial charge in [0.15, 0.2) is 11.6 Å². The zero-order valence-corrected chi connectivity index (χ0v) is 16.5. The number of hydrogen-bond acceptors (Lipinski definition) is 8. The van der Waals surface area contributed by atoms with Crippen molar-refractivity contribution in [3.63, 3.8) is 0 Å². The Morgan fingerprint density at radius 1 is 0.933 bits per heavy atom. The molecule has 2 amide bonds. The Hall–Kier alpha value is -4.05. The molecule has 3 rings (SSSR count). The first-order chi connectivity index (χ1) is 14.5. The fourth-order valence-electron chi connectivity index (χ4n) is 2.35. The monoisotopic (exact) mass is 427 g/mol. The molecule has 10 nitrogen and oxygen atoms in total. The number of halogens is 1. The number of hydrazine groups is 2. The summed E-state index contributed by atoms with van der Waals surface area (Å²) >= 11 is 6.00. The minimum Gasteiger partial charge on any atom is -0.497 e. The molecule has 0 saturated heterocycles. The van der Waals surface area contributed by atoms with E-state index in [1.165, 1.54) is 13.4 Å². The normalized spacial score (nSPS) is 10.1. The van der Waals surface area contributed by atoms with Crippen LogP contribution in [0.3, 0.4) is 0 Å². The van der Waals surface area contributed by atoms with Crippen LogP contribution in [0.2, 0.25) is 5.02 Å². The van der Waals surface area contributed by atoms with Crippen LogP contribution in [-0.2, 0) is 0 Å². The van der Waals surface area contributed by atoms with Crippen LogP contribution in [0.5, 0.6) is 5.75 Å². The molecule has 0 aliphatic heterocycles. The zero-order valence-electron chi connectivity index (χ0n) is 15.8. The lowest BCUT2D eigenvalue weighted by Gasteiger charge is -2.14. The van der Waals surface area contributed by atoms with Gasteiger partial charge in [-0.3, -0.25) is 31.3 Å². The van der Waals surface area contributed by atoms with Crippen molar-refractivity contribution < 1.29 is 14.3 Å². The van der Waals surface area contributed by atoms with Crippen molar-refractivity contribution in [1.82, 2.24) is 20.8 Å². The molecule has 0 bridgehead atoms. The summed E-state index contributed by atoms with van der Waals surface area (Å²) in [5.74, 6) is 0.0280. The highest BCUT2D eigenvalue weighted by atomic mass is 35.5. The van der Waals surface area contributed by atoms with Gasteiger partial charge >= 0.3 is 0 Å². The number of nitrogen functional groups attached to an aromatic ring is 1. The van der Waals surface area contributed by atoms with Gasteiger partial charge in [0, 0.05) is 5.56 Å². The van der Waals surface area contributed by atoms with Gasteiger partial charge in [-0.25, -0.2) is 9.97 Å². The Morgan fingerprint density at radius 2 is 1.53 bits per heavy atom. The van der Waals surface area contributed by atoms with Crippen LogP contribution in [0.15, 0.2) is 54.9 Å². The summed E-state index contributed by atoms with van der Waals surface area (Å²) in [6.07, 6.45) is 1.21. The van der Waals surface area contributed by atoms with Crippen molar-refractivity contribution in [3.05, 3.63) is 71.0 Å². The van der Waals surface area contributed by atoms with E-state index >= 15 is 0 Å². The van der Waals surface area contributed by atoms with E-state index in [1.807, 2.05) is 0 Å². The van der Waals surface area contributed by atoms with Crippen molar-refractivity contribution in [2.24, 2.45) is 0 Å². The van der Waals surface area contributed by atoms with Gasteiger partial charge in [0.2, 0.25) is 0 Å². The third-order valence-corrected chi connectivity index (χ3v) is 4.27. The van der Waals surface area contributed by atoms with E-state index in [1.54, 1.807) is 48.5 Å². The predicted molar refractivity (Wildman–Crippen MR) is 113 cm³/mol. The third-order valence-electron chi connectivity index (χ3n) is 3.94. The smallest absolute Gasteiger partial charge is 0.271 e. The molecule has 1 aromatic heterocycles. The molecular formula is C19H18ClN7O3. The van der Waals surface area contributed by atoms with E-state index in [9.17, 15) is 9.59 Å². The van der Waals surface area contributed by atoms with Gasteiger partial charge in [0.1, 0.15) is 17.8 Å². The second-order valence-corrected chi connectivity index (χ2v) is 6.26. The molecule has 0 spiro atoms. The molecule has 30 heavy (non-hydrogen) atoms. The lowest BCUT2D eigenvalue weighted by Crippen LogP contribution is -2.32. The predicted octanol–water partition coefficient (Wildman–Crippen LogP) is 2.23. The Balaban J connectivity index is 1.62. The fourth-order valence-corrected chi connectivity index (χ4v) is 2.58. The van der Waals surface area contributed by atoms with Gasteiger partial charge in [-0.15, -0.1) is 0 Å². The number of nitrogens with one attached hydrogen (secondary N) is 4. The highest BCUT2D eigenvalue weighted by Crippen LogP contribution is 2.21. The average Bonchev–Trinajstić information content (AvgIpc) is 2.77. The van der Waals surface area contributed by atoms with Gasteiger partial charge in [0.25, 0.3) is 11.8 Å². The summed E-state index contributed by atoms with van der Waals surface area (Å²) in [5.41, 5.74) is 16.9. The molecule has 0 saturated carbocycles. The maximum atomic E-state index is 12.2. The van der Waals surface area contributed by atoms with E-state index in [0.29, 0.717) is 16.3 Å². The van der Waals surface area contributed by atoms with Crippen molar-refractivity contribution in [1.29, 1.82) is 0 Å². The van der Waals surface area contributed by atoms with E-state index in [2.05, 4.69) is 31.7 Å². The van der Waals surface area contributed by atoms with Crippen LogP contribution in [0.1, 0.15) is 20.7 Å². The summed E-state index contributed by atoms with van der Waals surface area (Å²) in [6, 6.07) is 13.1. The van der Waals surface area contributed by atoms with Crippen molar-refractivity contribution >= 4 is 40.7 Å². The van der Waals surface area contributed by atoms with E-state index < -0.39 is 11.8 Å². The number of hydrogen-bond donors (Lipinski definition) is 5. The summed E-state index contributed by atoms with van der Waals surface area (Å²) in [5, 5.41) is 0.302. The fraction of sp³-hybridized carbons (Fsp3) is 0.0526. The van der Waals surface area contributed by atoms with E-state index in [4.69, 9.17) is 22.1 Å². The van der Waals surface area contributed by atoms with Gasteiger partial charge in [-0.2, -0.15) is 0 Å². The summed E-state index contributed by atoms with van der Waals surface area (Å²) < 4.78 is 5.06. The van der Waals surface area contributed by atoms with Gasteiger partial charge < -0.3 is 10.5 Å². The number of aromatic nitrogens is 2. The molecule has 3 aromatic rings. The Morgan fingerprint density at radius 3 is 2.13 bits per heavy atom. The van der Waals surface area contributed by atoms with Crippen LogP contribution in [0.25, 0.3) is 0 Å². The van der Waals surface area contributed by atoms with Gasteiger partial charge in [-0.1, -0.05) is 23.7 Å². The summed E-state index contributed by atoms with van der Waals surface area (Å²) in [6.45, 7) is 0. The molecule has 0 atom stereocenters. The zero-order chi connectivity index (χ0) is 21.5. The third kappa shape index (κ3) is 4.86. The maximum absolute atomic E-state index is 12.2. The van der Waals surface area contributed by atoms with Crippen molar-refractivity contribution in [2.45, 2.75) is 0 Å². The number of carbonyl (C=O) groups excluding carboxylic acids is 2. The maximum Gasteiger partial charge on any atom is 0.271 e. The SMILES string of the molecule is COc1ccc(C(=O)NNc2ncnc(NNC(=O)c3ccccc3Cl)c2N)cc1. The molecule has 0 aliphatic carbocycles. The molecule has 0 aliphatic rings. The van der Waals surface area contributed by atoms with Crippen molar-refractivity contribution in [3.8, 4) is 5.75 Å². The minimum atomic E-state index is -0.471. The number of anilines is 3. The Bertz CT molecular complexity index is 1060. The highest BCUT2D eigenvalue weighted by molar-refractivity contribution is 6.33. The molecule has 1 heterocycles. The molecule has 6 N–H and O–H groups in total. The minimum absolute atomic E-state index is 0.0759. The number of ether oxygens (including phenoxy) is 1. The quantitative estimate of drug-likeness (QED) is 0.361. The van der Waals surface area contributed by atoms with Crippen LogP contribution in [-0.4, -0.2) is 28.9 Å². The van der Waals surface area contributed by atoms with Crippen molar-refractivity contribution in [2.75, 3.05) is 23.7 Å². The Labute approximate surface area is 176 Å². The van der Waals surface area contributed by atoms with Crippen LogP contribution >= 0.6 is 11.6 Å². The molecule has 2 aromatic carbocycles.